The van der Waals surface area contributed by atoms with Gasteiger partial charge in [-0.05, 0) is 311 Å². The van der Waals surface area contributed by atoms with Crippen LogP contribution in [0.5, 0.6) is 0 Å². The highest BCUT2D eigenvalue weighted by molar-refractivity contribution is 5.81. The van der Waals surface area contributed by atoms with Crippen LogP contribution in [-0.2, 0) is 28.7 Å². The van der Waals surface area contributed by atoms with Crippen LogP contribution >= 0.6 is 0 Å². The van der Waals surface area contributed by atoms with E-state index in [1.165, 1.54) is 113 Å². The number of alkyl halides is 12. The van der Waals surface area contributed by atoms with Crippen LogP contribution in [0.1, 0.15) is 355 Å². The first-order valence-electron chi connectivity index (χ1n) is 47.0. The Kier molecular flexibility index (Phi) is 51.9. The first-order chi connectivity index (χ1) is 56.4. The highest BCUT2D eigenvalue weighted by Crippen LogP contribution is 2.46. The van der Waals surface area contributed by atoms with Gasteiger partial charge >= 0.3 is 36.7 Å². The van der Waals surface area contributed by atoms with Gasteiger partial charge in [-0.1, -0.05) is 124 Å². The second-order valence-electron chi connectivity index (χ2n) is 42.6. The first kappa shape index (κ1) is 114. The van der Waals surface area contributed by atoms with E-state index < -0.39 is 62.5 Å². The van der Waals surface area contributed by atoms with Crippen molar-refractivity contribution in [2.45, 2.75) is 392 Å². The monoisotopic (exact) mass is 1760 g/mol. The average Bonchev–Trinajstić information content (AvgIpc) is 1.25. The Morgan fingerprint density at radius 1 is 0.467 bits per heavy atom. The SMILES string of the molecule is CC(C)(C)C1CCN(C(=O)NCC(F)(F)F)CC1.CC(C)C1CCC(CC(=O)CC#N)C1.CC(C)C1CCC(CC(=O)CC(F)(F)F)C1.CC(C)C1CCC(CC(=O)CCC(F)(F)F)C1.CC1CCC(N(C)CC(F)(F)F)CC1.CC1CCC(N2CCC(C#N)CC2)CC1.COC(=O)CC1CCC(C(C)(C)C)C1.COCCCC1CCC(C(C)(C)C)C1. The van der Waals surface area contributed by atoms with Crippen molar-refractivity contribution in [3.63, 3.8) is 0 Å². The molecule has 7 saturated carbocycles. The Morgan fingerprint density at radius 2 is 0.885 bits per heavy atom. The lowest BCUT2D eigenvalue weighted by atomic mass is 9.75. The van der Waals surface area contributed by atoms with Gasteiger partial charge in [0.05, 0.1) is 38.6 Å². The van der Waals surface area contributed by atoms with Crippen molar-refractivity contribution in [1.29, 1.82) is 10.5 Å². The number of esters is 1. The van der Waals surface area contributed by atoms with E-state index in [1.54, 1.807) is 14.2 Å². The van der Waals surface area contributed by atoms with Gasteiger partial charge in [0.15, 0.2) is 0 Å². The molecule has 2 aliphatic heterocycles. The summed E-state index contributed by atoms with van der Waals surface area (Å²) in [6.45, 7) is 40.4. The number of amides is 2. The molecule has 0 bridgehead atoms. The standard InChI is InChI=1S/C13H21F3O.C13H22N2.C13H26O.C12H21F3N2O.C12H19F3O.C12H19NO.C12H22O2.C10H18F3N/c1-9(2)11-4-3-10(7-11)8-12(17)5-6-13(14,15)16;1-11-2-4-13(5-3-11)15-8-6-12(10-14)7-9-15;1-13(2,3)12-8-7-11(10-12)6-5-9-14-4;1-11(2,3)9-4-6-17(7-5-9)10(18)16-8-12(13,14)15;1-8(2)10-4-3-9(5-10)6-11(16)7-12(13,14)15;1-9(2)11-4-3-10(7-11)8-12(14)5-6-13;1-12(2,3)10-6-5-9(7-10)8-11(13)14-4;1-8-3-5-9(6-4-8)14(2)7-10(11,12)13/h9-11H,3-8H2,1-2H3;11-13H,2-9H2,1H3;11-12H,5-10H2,1-4H3;9H,4-8H2,1-3H3,(H,16,18);8-10H,3-7H2,1-2H3;9-11H,3-5,7-8H2,1-2H3;9-10H,5-8H2,1-4H3;8-9H,3-7H2,1-2H3. The minimum absolute atomic E-state index is 0.0513. The number of hydrogen-bond donors (Lipinski definition) is 1. The number of carbonyl (C=O) groups excluding carboxylic acids is 5. The molecule has 2 heterocycles. The van der Waals surface area contributed by atoms with Crippen LogP contribution in [0.2, 0.25) is 0 Å². The molecule has 10 unspecified atom stereocenters. The number of nitrogens with one attached hydrogen (secondary N) is 1. The average molecular weight is 1760 g/mol. The summed E-state index contributed by atoms with van der Waals surface area (Å²) in [5.74, 6) is 9.98. The molecule has 0 aromatic heterocycles. The van der Waals surface area contributed by atoms with E-state index in [1.807, 2.05) is 11.4 Å². The largest absolute Gasteiger partial charge is 0.469 e. The van der Waals surface area contributed by atoms with Crippen molar-refractivity contribution >= 4 is 29.4 Å². The lowest BCUT2D eigenvalue weighted by molar-refractivity contribution is -0.153. The molecule has 7 aliphatic carbocycles. The second kappa shape index (κ2) is 55.6. The van der Waals surface area contributed by atoms with E-state index in [0.29, 0.717) is 102 Å². The Bertz CT molecular complexity index is 2990. The summed E-state index contributed by atoms with van der Waals surface area (Å²) in [7, 11) is 4.85. The van der Waals surface area contributed by atoms with Crippen molar-refractivity contribution in [3.8, 4) is 12.1 Å². The number of likely N-dealkylation sites (tertiary alicyclic amines) is 2. The van der Waals surface area contributed by atoms with Gasteiger partial charge in [-0.15, -0.1) is 0 Å². The summed E-state index contributed by atoms with van der Waals surface area (Å²) in [4.78, 5) is 62.0. The second-order valence-corrected chi connectivity index (χ2v) is 42.6. The smallest absolute Gasteiger partial charge is 0.405 e. The number of Topliss-reactive ketones (excluding diaryl/α,β-unsaturated/α-hetero) is 3. The molecule has 2 saturated heterocycles. The van der Waals surface area contributed by atoms with Gasteiger partial charge < -0.3 is 24.6 Å². The molecule has 1 N–H and O–H groups in total. The maximum Gasteiger partial charge on any atom is 0.405 e. The minimum Gasteiger partial charge on any atom is -0.469 e. The number of nitriles is 2. The molecule has 10 atom stereocenters. The molecular weight excluding hydrogens is 1590 g/mol. The molecular formula is C97H168F12N6O7. The molecule has 9 aliphatic rings. The van der Waals surface area contributed by atoms with Crippen LogP contribution < -0.4 is 5.32 Å². The number of methoxy groups -OCH3 is 2. The van der Waals surface area contributed by atoms with Gasteiger partial charge in [0.25, 0.3) is 0 Å². The zero-order valence-corrected chi connectivity index (χ0v) is 79.2. The number of hydrogen-bond acceptors (Lipinski definition) is 11. The van der Waals surface area contributed by atoms with E-state index in [0.717, 1.165) is 151 Å². The molecule has 13 nitrogen and oxygen atoms in total. The Hall–Kier alpha value is -4.23. The lowest BCUT2D eigenvalue weighted by Crippen LogP contribution is -2.48. The fourth-order valence-electron chi connectivity index (χ4n) is 19.9. The van der Waals surface area contributed by atoms with Crippen molar-refractivity contribution in [2.75, 3.05) is 67.1 Å². The van der Waals surface area contributed by atoms with Crippen LogP contribution in [0.4, 0.5) is 57.5 Å². The van der Waals surface area contributed by atoms with Gasteiger partial charge in [-0.25, -0.2) is 4.79 Å². The van der Waals surface area contributed by atoms with Crippen LogP contribution in [-0.4, -0.2) is 148 Å². The molecule has 2 amide bonds. The summed E-state index contributed by atoms with van der Waals surface area (Å²) >= 11 is 0. The van der Waals surface area contributed by atoms with Gasteiger partial charge in [-0.2, -0.15) is 63.2 Å². The third-order valence-corrected chi connectivity index (χ3v) is 28.4. The molecule has 0 radical (unpaired) electrons. The van der Waals surface area contributed by atoms with Gasteiger partial charge in [0, 0.05) is 76.9 Å². The fraction of sp³-hybridized carbons (Fsp3) is 0.928. The third kappa shape index (κ3) is 51.1. The summed E-state index contributed by atoms with van der Waals surface area (Å²) in [5.41, 5.74) is 1.11. The lowest BCUT2D eigenvalue weighted by Gasteiger charge is -2.39. The zero-order chi connectivity index (χ0) is 92.7. The summed E-state index contributed by atoms with van der Waals surface area (Å²) in [6.07, 6.45) is 16.0. The molecule has 9 fully saturated rings. The van der Waals surface area contributed by atoms with E-state index in [2.05, 4.69) is 129 Å². The van der Waals surface area contributed by atoms with E-state index >= 15 is 0 Å². The Balaban J connectivity index is 0.000000473. The van der Waals surface area contributed by atoms with Crippen LogP contribution in [0.3, 0.4) is 0 Å². The van der Waals surface area contributed by atoms with E-state index in [4.69, 9.17) is 20.0 Å². The van der Waals surface area contributed by atoms with Crippen molar-refractivity contribution in [3.05, 3.63) is 0 Å². The van der Waals surface area contributed by atoms with Crippen molar-refractivity contribution in [1.82, 2.24) is 20.0 Å². The van der Waals surface area contributed by atoms with Crippen LogP contribution in [0.25, 0.3) is 0 Å². The number of ketones is 3. The molecule has 0 aromatic rings. The predicted molar refractivity (Wildman–Crippen MR) is 465 cm³/mol. The molecule has 9 rings (SSSR count). The van der Waals surface area contributed by atoms with Crippen molar-refractivity contribution < 1.29 is 86.1 Å². The number of piperidine rings is 2. The summed E-state index contributed by atoms with van der Waals surface area (Å²) in [5, 5.41) is 19.1. The summed E-state index contributed by atoms with van der Waals surface area (Å²) < 4.78 is 154. The third-order valence-electron chi connectivity index (χ3n) is 28.4. The number of rotatable bonds is 23. The predicted octanol–water partition coefficient (Wildman–Crippen LogP) is 27.0. The molecule has 0 spiro atoms. The van der Waals surface area contributed by atoms with E-state index in [-0.39, 0.29) is 54.2 Å². The number of ether oxygens (including phenoxy) is 2. The number of halogens is 12. The van der Waals surface area contributed by atoms with Crippen LogP contribution in [0.15, 0.2) is 0 Å². The van der Waals surface area contributed by atoms with Gasteiger partial charge in [0.2, 0.25) is 0 Å². The number of carbonyl (C=O) groups is 5. The highest BCUT2D eigenvalue weighted by Gasteiger charge is 2.40. The van der Waals surface area contributed by atoms with Crippen LogP contribution in [0, 0.1) is 140 Å². The Labute approximate surface area is 730 Å². The minimum atomic E-state index is -4.35. The van der Waals surface area contributed by atoms with Crippen molar-refractivity contribution in [2.24, 2.45) is 117 Å². The van der Waals surface area contributed by atoms with Gasteiger partial charge in [-0.3, -0.25) is 24.1 Å². The normalized spacial score (nSPS) is 27.0. The Morgan fingerprint density at radius 3 is 1.26 bits per heavy atom. The van der Waals surface area contributed by atoms with E-state index in [9.17, 15) is 76.7 Å². The quantitative estimate of drug-likeness (QED) is 0.0586. The number of nitrogens with zero attached hydrogens (tertiary/aromatic N) is 5. The maximum atomic E-state index is 12.1. The fourth-order valence-corrected chi connectivity index (χ4v) is 19.9. The van der Waals surface area contributed by atoms with Gasteiger partial charge in [0.1, 0.15) is 30.3 Å². The summed E-state index contributed by atoms with van der Waals surface area (Å²) in [6, 6.07) is 4.69. The molecule has 712 valence electrons. The molecule has 122 heavy (non-hydrogen) atoms. The molecule has 0 aromatic carbocycles. The topological polar surface area (TPSA) is 173 Å². The zero-order valence-electron chi connectivity index (χ0n) is 79.2. The first-order valence-corrected chi connectivity index (χ1v) is 47.0. The molecule has 25 heteroatoms. The maximum absolute atomic E-state index is 12.1. The highest BCUT2D eigenvalue weighted by atomic mass is 19.4. The number of urea groups is 1.